The topological polar surface area (TPSA) is 80.5 Å². The minimum absolute atomic E-state index is 0.00558. The standard InChI is InChI=1S/C25H29N5O3/c31-23-5-2-18-3-6-24(32)30-20(16-29(23)25(18)30)15-28-10-7-19(8-11-28)27-14-17-1-4-22-21(13-17)26-9-12-33-22/h1-6,13,19-20,26-27H,7-12,14-16H2. The first-order chi connectivity index (χ1) is 16.2. The summed E-state index contributed by atoms with van der Waals surface area (Å²) < 4.78 is 9.25. The molecule has 2 N–H and O–H groups in total. The van der Waals surface area contributed by atoms with Gasteiger partial charge in [-0.1, -0.05) is 6.07 Å². The molecule has 33 heavy (non-hydrogen) atoms. The number of benzene rings is 1. The van der Waals surface area contributed by atoms with Gasteiger partial charge in [0.2, 0.25) is 0 Å². The molecule has 1 saturated heterocycles. The number of aromatic nitrogens is 2. The Bertz CT molecular complexity index is 1300. The zero-order chi connectivity index (χ0) is 22.4. The first-order valence-electron chi connectivity index (χ1n) is 11.9. The molecule has 3 aromatic rings. The summed E-state index contributed by atoms with van der Waals surface area (Å²) in [5.74, 6) is 0.935. The van der Waals surface area contributed by atoms with E-state index in [0.29, 0.717) is 12.6 Å². The zero-order valence-corrected chi connectivity index (χ0v) is 18.6. The van der Waals surface area contributed by atoms with E-state index in [1.165, 1.54) is 5.56 Å². The Hall–Kier alpha value is -3.10. The van der Waals surface area contributed by atoms with Crippen molar-refractivity contribution in [3.63, 3.8) is 0 Å². The summed E-state index contributed by atoms with van der Waals surface area (Å²) in [4.78, 5) is 27.4. The van der Waals surface area contributed by atoms with Crippen molar-refractivity contribution in [3.8, 4) is 5.75 Å². The monoisotopic (exact) mass is 447 g/mol. The number of fused-ring (bicyclic) bond motifs is 1. The van der Waals surface area contributed by atoms with E-state index in [2.05, 4.69) is 33.7 Å². The average Bonchev–Trinajstić information content (AvgIpc) is 3.23. The highest BCUT2D eigenvalue weighted by Gasteiger charge is 2.29. The minimum Gasteiger partial charge on any atom is -0.490 e. The Morgan fingerprint density at radius 1 is 1.03 bits per heavy atom. The lowest BCUT2D eigenvalue weighted by molar-refractivity contribution is 0.171. The van der Waals surface area contributed by atoms with Gasteiger partial charge in [0.05, 0.1) is 11.7 Å². The van der Waals surface area contributed by atoms with Gasteiger partial charge in [-0.05, 0) is 55.8 Å². The van der Waals surface area contributed by atoms with E-state index in [1.54, 1.807) is 16.7 Å². The first-order valence-corrected chi connectivity index (χ1v) is 11.9. The van der Waals surface area contributed by atoms with E-state index < -0.39 is 0 Å². The Morgan fingerprint density at radius 3 is 2.70 bits per heavy atom. The summed E-state index contributed by atoms with van der Waals surface area (Å²) in [7, 11) is 0. The Morgan fingerprint density at radius 2 is 1.85 bits per heavy atom. The summed E-state index contributed by atoms with van der Waals surface area (Å²) in [6.07, 6.45) is 2.15. The quantitative estimate of drug-likeness (QED) is 0.621. The molecule has 0 aliphatic carbocycles. The summed E-state index contributed by atoms with van der Waals surface area (Å²) in [6, 6.07) is 13.7. The van der Waals surface area contributed by atoms with Gasteiger partial charge in [-0.15, -0.1) is 0 Å². The maximum atomic E-state index is 12.6. The average molecular weight is 448 g/mol. The fraction of sp³-hybridized carbons (Fsp3) is 0.440. The zero-order valence-electron chi connectivity index (χ0n) is 18.6. The molecular weight excluding hydrogens is 418 g/mol. The van der Waals surface area contributed by atoms with E-state index >= 15 is 0 Å². The van der Waals surface area contributed by atoms with Gasteiger partial charge in [0.25, 0.3) is 11.1 Å². The molecule has 8 nitrogen and oxygen atoms in total. The van der Waals surface area contributed by atoms with E-state index in [4.69, 9.17) is 4.74 Å². The van der Waals surface area contributed by atoms with Gasteiger partial charge in [-0.25, -0.2) is 0 Å². The number of nitrogens with zero attached hydrogens (tertiary/aromatic N) is 3. The van der Waals surface area contributed by atoms with Crippen molar-refractivity contribution >= 4 is 16.7 Å². The molecule has 1 atom stereocenters. The molecule has 172 valence electrons. The highest BCUT2D eigenvalue weighted by Crippen LogP contribution is 2.28. The normalized spacial score (nSPS) is 20.4. The molecule has 3 aliphatic rings. The number of nitrogens with one attached hydrogen (secondary N) is 2. The van der Waals surface area contributed by atoms with Crippen LogP contribution in [0.15, 0.2) is 52.1 Å². The van der Waals surface area contributed by atoms with Gasteiger partial charge in [0, 0.05) is 49.7 Å². The fourth-order valence-electron chi connectivity index (χ4n) is 5.47. The molecule has 0 bridgehead atoms. The maximum absolute atomic E-state index is 12.6. The van der Waals surface area contributed by atoms with Crippen molar-refractivity contribution in [1.29, 1.82) is 0 Å². The number of likely N-dealkylation sites (tertiary alicyclic amines) is 1. The van der Waals surface area contributed by atoms with E-state index in [1.807, 2.05) is 16.7 Å². The summed E-state index contributed by atoms with van der Waals surface area (Å²) in [5, 5.41) is 8.05. The molecule has 3 aliphatic heterocycles. The molecule has 0 radical (unpaired) electrons. The molecular formula is C25H29N5O3. The first kappa shape index (κ1) is 20.5. The molecule has 8 heteroatoms. The Balaban J connectivity index is 1.06. The van der Waals surface area contributed by atoms with Crippen LogP contribution in [-0.4, -0.2) is 52.9 Å². The van der Waals surface area contributed by atoms with Crippen LogP contribution >= 0.6 is 0 Å². The third kappa shape index (κ3) is 3.83. The summed E-state index contributed by atoms with van der Waals surface area (Å²) in [6.45, 7) is 5.76. The summed E-state index contributed by atoms with van der Waals surface area (Å²) in [5.41, 5.74) is 3.05. The van der Waals surface area contributed by atoms with Crippen LogP contribution in [0.3, 0.4) is 0 Å². The number of pyridine rings is 2. The van der Waals surface area contributed by atoms with Crippen LogP contribution in [-0.2, 0) is 13.1 Å². The second kappa shape index (κ2) is 8.35. The summed E-state index contributed by atoms with van der Waals surface area (Å²) >= 11 is 0. The van der Waals surface area contributed by atoms with Gasteiger partial charge < -0.3 is 20.3 Å². The fourth-order valence-corrected chi connectivity index (χ4v) is 5.47. The van der Waals surface area contributed by atoms with E-state index in [9.17, 15) is 9.59 Å². The van der Waals surface area contributed by atoms with Crippen molar-refractivity contribution in [2.75, 3.05) is 38.1 Å². The van der Waals surface area contributed by atoms with Gasteiger partial charge in [-0.2, -0.15) is 0 Å². The van der Waals surface area contributed by atoms with Gasteiger partial charge in [0.15, 0.2) is 0 Å². The lowest BCUT2D eigenvalue weighted by atomic mass is 10.0. The minimum atomic E-state index is -0.0313. The van der Waals surface area contributed by atoms with Crippen molar-refractivity contribution in [2.45, 2.75) is 38.0 Å². The predicted octanol–water partition coefficient (Wildman–Crippen LogP) is 1.78. The molecule has 1 fully saturated rings. The highest BCUT2D eigenvalue weighted by molar-refractivity contribution is 5.76. The van der Waals surface area contributed by atoms with Crippen LogP contribution in [0.5, 0.6) is 5.75 Å². The molecule has 1 unspecified atom stereocenters. The molecule has 5 heterocycles. The van der Waals surface area contributed by atoms with Crippen LogP contribution in [0, 0.1) is 0 Å². The van der Waals surface area contributed by atoms with Gasteiger partial charge in [-0.3, -0.25) is 18.7 Å². The number of hydrogen-bond acceptors (Lipinski definition) is 6. The number of hydrogen-bond donors (Lipinski definition) is 2. The smallest absolute Gasteiger partial charge is 0.252 e. The third-order valence-electron chi connectivity index (χ3n) is 7.19. The lowest BCUT2D eigenvalue weighted by Crippen LogP contribution is -2.44. The second-order valence-electron chi connectivity index (χ2n) is 9.32. The number of anilines is 1. The Labute approximate surface area is 191 Å². The molecule has 0 amide bonds. The lowest BCUT2D eigenvalue weighted by Gasteiger charge is -2.34. The maximum Gasteiger partial charge on any atom is 0.252 e. The second-order valence-corrected chi connectivity index (χ2v) is 9.32. The van der Waals surface area contributed by atoms with Gasteiger partial charge >= 0.3 is 0 Å². The van der Waals surface area contributed by atoms with Crippen molar-refractivity contribution < 1.29 is 4.74 Å². The number of piperidine rings is 1. The molecule has 0 spiro atoms. The number of ether oxygens (including phenoxy) is 1. The SMILES string of the molecule is O=c1ccc2ccc(=O)n3c2n1CC3CN1CCC(NCc2ccc3c(c2)NCCO3)CC1. The van der Waals surface area contributed by atoms with Crippen LogP contribution < -0.4 is 26.5 Å². The number of rotatable bonds is 5. The van der Waals surface area contributed by atoms with Crippen LogP contribution in [0.1, 0.15) is 24.4 Å². The van der Waals surface area contributed by atoms with E-state index in [-0.39, 0.29) is 17.2 Å². The van der Waals surface area contributed by atoms with Crippen molar-refractivity contribution in [1.82, 2.24) is 19.4 Å². The predicted molar refractivity (Wildman–Crippen MR) is 128 cm³/mol. The third-order valence-corrected chi connectivity index (χ3v) is 7.19. The van der Waals surface area contributed by atoms with E-state index in [0.717, 1.165) is 74.6 Å². The van der Waals surface area contributed by atoms with Gasteiger partial charge in [0.1, 0.15) is 18.0 Å². The van der Waals surface area contributed by atoms with Crippen LogP contribution in [0.4, 0.5) is 5.69 Å². The van der Waals surface area contributed by atoms with Crippen LogP contribution in [0.25, 0.3) is 11.0 Å². The molecule has 6 rings (SSSR count). The highest BCUT2D eigenvalue weighted by atomic mass is 16.5. The Kier molecular flexibility index (Phi) is 5.19. The van der Waals surface area contributed by atoms with Crippen molar-refractivity contribution in [2.24, 2.45) is 0 Å². The molecule has 2 aromatic heterocycles. The largest absolute Gasteiger partial charge is 0.490 e. The van der Waals surface area contributed by atoms with Crippen molar-refractivity contribution in [3.05, 3.63) is 68.7 Å². The molecule has 0 saturated carbocycles. The van der Waals surface area contributed by atoms with Crippen LogP contribution in [0.2, 0.25) is 0 Å². The molecule has 1 aromatic carbocycles.